The fraction of sp³-hybridized carbons (Fsp3) is 0.682. The minimum absolute atomic E-state index is 0.0378. The van der Waals surface area contributed by atoms with Gasteiger partial charge in [0.05, 0.1) is 12.2 Å². The molecule has 3 aliphatic carbocycles. The van der Waals surface area contributed by atoms with Gasteiger partial charge in [0, 0.05) is 22.7 Å². The number of ether oxygens (including phenoxy) is 1. The number of carboxylic acid groups (broad SMARTS) is 1. The van der Waals surface area contributed by atoms with E-state index in [1.807, 2.05) is 6.92 Å². The molecule has 0 unspecified atom stereocenters. The van der Waals surface area contributed by atoms with Crippen molar-refractivity contribution in [3.05, 3.63) is 16.0 Å². The third kappa shape index (κ3) is 3.81. The van der Waals surface area contributed by atoms with Crippen LogP contribution in [0, 0.1) is 23.7 Å². The normalized spacial score (nSPS) is 27.5. The van der Waals surface area contributed by atoms with Crippen molar-refractivity contribution in [2.45, 2.75) is 64.7 Å². The van der Waals surface area contributed by atoms with Gasteiger partial charge in [-0.3, -0.25) is 4.79 Å². The highest BCUT2D eigenvalue weighted by atomic mass is 32.1. The summed E-state index contributed by atoms with van der Waals surface area (Å²) < 4.78 is 5.46. The Morgan fingerprint density at radius 3 is 2.59 bits per heavy atom. The van der Waals surface area contributed by atoms with E-state index in [-0.39, 0.29) is 23.7 Å². The molecule has 1 amide bonds. The number of unbranched alkanes of at least 4 members (excludes halogenated alkanes) is 1. The Bertz CT molecular complexity index is 816. The van der Waals surface area contributed by atoms with Crippen molar-refractivity contribution in [3.8, 4) is 0 Å². The van der Waals surface area contributed by atoms with Crippen molar-refractivity contribution in [2.24, 2.45) is 23.7 Å². The number of aryl methyl sites for hydroxylation is 1. The minimum atomic E-state index is -1.12. The largest absolute Gasteiger partial charge is 0.550 e. The van der Waals surface area contributed by atoms with E-state index in [1.165, 1.54) is 11.3 Å². The van der Waals surface area contributed by atoms with E-state index in [4.69, 9.17) is 4.74 Å². The van der Waals surface area contributed by atoms with Gasteiger partial charge in [-0.05, 0) is 68.8 Å². The van der Waals surface area contributed by atoms with E-state index < -0.39 is 17.8 Å². The quantitative estimate of drug-likeness (QED) is 0.543. The first-order chi connectivity index (χ1) is 14.0. The smallest absolute Gasteiger partial charge is 0.341 e. The summed E-state index contributed by atoms with van der Waals surface area (Å²) in [6, 6.07) is 0. The molecule has 3 aliphatic rings. The highest BCUT2D eigenvalue weighted by molar-refractivity contribution is 7.17. The topological polar surface area (TPSA) is 95.5 Å². The Kier molecular flexibility index (Phi) is 5.95. The van der Waals surface area contributed by atoms with Crippen LogP contribution in [0.3, 0.4) is 0 Å². The van der Waals surface area contributed by atoms with Crippen LogP contribution >= 0.6 is 11.3 Å². The lowest BCUT2D eigenvalue weighted by Gasteiger charge is -2.30. The molecule has 2 saturated carbocycles. The fourth-order valence-corrected chi connectivity index (χ4v) is 6.73. The molecule has 0 radical (unpaired) electrons. The fourth-order valence-electron chi connectivity index (χ4n) is 5.45. The predicted molar refractivity (Wildman–Crippen MR) is 108 cm³/mol. The van der Waals surface area contributed by atoms with Crippen LogP contribution < -0.4 is 10.4 Å². The van der Waals surface area contributed by atoms with Crippen molar-refractivity contribution in [1.29, 1.82) is 0 Å². The van der Waals surface area contributed by atoms with E-state index >= 15 is 0 Å². The second kappa shape index (κ2) is 8.46. The van der Waals surface area contributed by atoms with E-state index in [0.717, 1.165) is 68.2 Å². The standard InChI is InChI=1S/C22H29NO5S/c1-2-3-10-28-22(27)18-14-6-4-5-7-15(14)29-20(18)23-19(24)16-12-8-9-13(11-12)17(16)21(25)26/h12-13,16-17H,2-11H2,1H3,(H,23,24)(H,25,26)/p-1/t12-,13-,16+,17+/m1/s1. The molecule has 0 aliphatic heterocycles. The van der Waals surface area contributed by atoms with Gasteiger partial charge >= 0.3 is 5.97 Å². The molecule has 4 rings (SSSR count). The SMILES string of the molecule is CCCCOC(=O)c1c(NC(=O)[C@H]2[C@@H]3CC[C@H](C3)[C@@H]2C(=O)[O-])sc2c1CCCC2. The molecule has 2 bridgehead atoms. The predicted octanol–water partition coefficient (Wildman–Crippen LogP) is 2.93. The Hall–Kier alpha value is -1.89. The van der Waals surface area contributed by atoms with E-state index in [2.05, 4.69) is 5.32 Å². The van der Waals surface area contributed by atoms with Crippen LogP contribution in [0.15, 0.2) is 0 Å². The van der Waals surface area contributed by atoms with Crippen LogP contribution in [0.4, 0.5) is 5.00 Å². The third-order valence-corrected chi connectivity index (χ3v) is 8.04. The first kappa shape index (κ1) is 20.4. The number of hydrogen-bond acceptors (Lipinski definition) is 6. The van der Waals surface area contributed by atoms with Gasteiger partial charge in [0.2, 0.25) is 5.91 Å². The molecular weight excluding hydrogens is 390 g/mol. The van der Waals surface area contributed by atoms with Crippen LogP contribution in [0.1, 0.15) is 72.7 Å². The monoisotopic (exact) mass is 418 g/mol. The lowest BCUT2D eigenvalue weighted by Crippen LogP contribution is -2.44. The number of carbonyl (C=O) groups is 3. The molecule has 29 heavy (non-hydrogen) atoms. The zero-order valence-corrected chi connectivity index (χ0v) is 17.6. The van der Waals surface area contributed by atoms with Gasteiger partial charge in [0.25, 0.3) is 0 Å². The summed E-state index contributed by atoms with van der Waals surface area (Å²) in [5, 5.41) is 15.1. The van der Waals surface area contributed by atoms with E-state index in [1.54, 1.807) is 0 Å². The molecule has 1 aromatic heterocycles. The van der Waals surface area contributed by atoms with E-state index in [9.17, 15) is 19.5 Å². The van der Waals surface area contributed by atoms with Crippen LogP contribution in [0.5, 0.6) is 0 Å². The average molecular weight is 419 g/mol. The number of anilines is 1. The van der Waals surface area contributed by atoms with Gasteiger partial charge in [-0.25, -0.2) is 4.79 Å². The number of carbonyl (C=O) groups excluding carboxylic acids is 3. The number of amides is 1. The molecule has 6 nitrogen and oxygen atoms in total. The molecule has 0 spiro atoms. The number of hydrogen-bond donors (Lipinski definition) is 1. The summed E-state index contributed by atoms with van der Waals surface area (Å²) in [5.41, 5.74) is 1.49. The summed E-state index contributed by atoms with van der Waals surface area (Å²) >= 11 is 1.45. The Morgan fingerprint density at radius 2 is 1.86 bits per heavy atom. The van der Waals surface area contributed by atoms with E-state index in [0.29, 0.717) is 17.2 Å². The number of esters is 1. The maximum atomic E-state index is 13.1. The molecule has 1 N–H and O–H groups in total. The number of carboxylic acids is 1. The van der Waals surface area contributed by atoms with Gasteiger partial charge in [-0.2, -0.15) is 0 Å². The molecule has 0 aromatic carbocycles. The van der Waals surface area contributed by atoms with Crippen molar-refractivity contribution >= 4 is 34.2 Å². The van der Waals surface area contributed by atoms with Gasteiger partial charge in [0.1, 0.15) is 5.00 Å². The van der Waals surface area contributed by atoms with Gasteiger partial charge in [-0.1, -0.05) is 13.3 Å². The zero-order chi connectivity index (χ0) is 20.5. The Morgan fingerprint density at radius 1 is 1.14 bits per heavy atom. The summed E-state index contributed by atoms with van der Waals surface area (Å²) in [6.45, 7) is 2.40. The number of nitrogens with one attached hydrogen (secondary N) is 1. The average Bonchev–Trinajstić information content (AvgIpc) is 3.40. The van der Waals surface area contributed by atoms with Crippen LogP contribution in [-0.4, -0.2) is 24.5 Å². The molecular formula is C22H28NO5S-. The minimum Gasteiger partial charge on any atom is -0.550 e. The van der Waals surface area contributed by atoms with Crippen molar-refractivity contribution < 1.29 is 24.2 Å². The molecule has 2 fully saturated rings. The summed E-state index contributed by atoms with van der Waals surface area (Å²) in [6.07, 6.45) is 8.08. The molecule has 158 valence electrons. The Balaban J connectivity index is 1.58. The first-order valence-electron chi connectivity index (χ1n) is 10.8. The van der Waals surface area contributed by atoms with Gasteiger partial charge in [-0.15, -0.1) is 11.3 Å². The third-order valence-electron chi connectivity index (χ3n) is 6.83. The van der Waals surface area contributed by atoms with Crippen molar-refractivity contribution in [1.82, 2.24) is 0 Å². The molecule has 0 saturated heterocycles. The molecule has 1 aromatic rings. The van der Waals surface area contributed by atoms with Crippen molar-refractivity contribution in [3.63, 3.8) is 0 Å². The molecule has 7 heteroatoms. The number of rotatable bonds is 7. The summed E-state index contributed by atoms with van der Waals surface area (Å²) in [4.78, 5) is 38.7. The second-order valence-electron chi connectivity index (χ2n) is 8.60. The number of thiophene rings is 1. The number of aliphatic carboxylic acids is 1. The molecule has 4 atom stereocenters. The maximum absolute atomic E-state index is 13.1. The maximum Gasteiger partial charge on any atom is 0.341 e. The van der Waals surface area contributed by atoms with Crippen LogP contribution in [0.2, 0.25) is 0 Å². The lowest BCUT2D eigenvalue weighted by molar-refractivity contribution is -0.314. The van der Waals surface area contributed by atoms with Crippen LogP contribution in [-0.2, 0) is 27.2 Å². The van der Waals surface area contributed by atoms with Gasteiger partial charge < -0.3 is 20.0 Å². The summed E-state index contributed by atoms with van der Waals surface area (Å²) in [5.74, 6) is -2.94. The highest BCUT2D eigenvalue weighted by Gasteiger charge is 2.51. The lowest BCUT2D eigenvalue weighted by atomic mass is 9.78. The van der Waals surface area contributed by atoms with Gasteiger partial charge in [0.15, 0.2) is 0 Å². The second-order valence-corrected chi connectivity index (χ2v) is 9.70. The highest BCUT2D eigenvalue weighted by Crippen LogP contribution is 2.52. The van der Waals surface area contributed by atoms with Crippen LogP contribution in [0.25, 0.3) is 0 Å². The first-order valence-corrected chi connectivity index (χ1v) is 11.7. The Labute approximate surface area is 175 Å². The molecule has 1 heterocycles. The zero-order valence-electron chi connectivity index (χ0n) is 16.8. The number of fused-ring (bicyclic) bond motifs is 3. The van der Waals surface area contributed by atoms with Crippen molar-refractivity contribution in [2.75, 3.05) is 11.9 Å². The summed E-state index contributed by atoms with van der Waals surface area (Å²) in [7, 11) is 0.